The zero-order valence-electron chi connectivity index (χ0n) is 9.47. The molecule has 2 rings (SSSR count). The molecule has 2 heterocycles. The van der Waals surface area contributed by atoms with E-state index in [0.29, 0.717) is 13.0 Å². The minimum Gasteiger partial charge on any atom is -0.386 e. The summed E-state index contributed by atoms with van der Waals surface area (Å²) in [4.78, 5) is 3.71. The van der Waals surface area contributed by atoms with Crippen molar-refractivity contribution in [2.24, 2.45) is 0 Å². The average molecular weight is 293 g/mol. The third-order valence-corrected chi connectivity index (χ3v) is 4.29. The first-order valence-electron chi connectivity index (χ1n) is 5.33. The Morgan fingerprint density at radius 2 is 2.33 bits per heavy atom. The van der Waals surface area contributed by atoms with Gasteiger partial charge in [0.05, 0.1) is 6.61 Å². The molecular weight excluding hydrogens is 280 g/mol. The number of nitrogens with zero attached hydrogens (tertiary/aromatic N) is 1. The van der Waals surface area contributed by atoms with E-state index in [1.807, 2.05) is 0 Å². The Labute approximate surface area is 110 Å². The molecule has 2 N–H and O–H groups in total. The van der Waals surface area contributed by atoms with Gasteiger partial charge in [0.15, 0.2) is 0 Å². The molecule has 0 bridgehead atoms. The van der Waals surface area contributed by atoms with Crippen molar-refractivity contribution in [3.8, 4) is 0 Å². The number of aromatic nitrogens is 1. The summed E-state index contributed by atoms with van der Waals surface area (Å²) in [6.45, 7) is 0.479. The minimum atomic E-state index is -3.69. The topological polar surface area (TPSA) is 88.5 Å². The molecule has 0 amide bonds. The van der Waals surface area contributed by atoms with Crippen molar-refractivity contribution >= 4 is 21.6 Å². The van der Waals surface area contributed by atoms with Crippen LogP contribution in [-0.4, -0.2) is 43.9 Å². The second kappa shape index (κ2) is 5.10. The van der Waals surface area contributed by atoms with Crippen LogP contribution >= 0.6 is 11.6 Å². The summed E-state index contributed by atoms with van der Waals surface area (Å²) >= 11 is 5.58. The zero-order valence-corrected chi connectivity index (χ0v) is 11.0. The van der Waals surface area contributed by atoms with Gasteiger partial charge in [-0.3, -0.25) is 0 Å². The van der Waals surface area contributed by atoms with Crippen LogP contribution in [0.15, 0.2) is 23.2 Å². The lowest BCUT2D eigenvalue weighted by molar-refractivity contribution is 0.0314. The van der Waals surface area contributed by atoms with Crippen molar-refractivity contribution < 1.29 is 18.3 Å². The van der Waals surface area contributed by atoms with Gasteiger partial charge in [-0.25, -0.2) is 18.1 Å². The van der Waals surface area contributed by atoms with Crippen molar-refractivity contribution in [2.45, 2.75) is 16.9 Å². The van der Waals surface area contributed by atoms with Crippen molar-refractivity contribution in [1.82, 2.24) is 9.71 Å². The standard InChI is InChI=1S/C10H13ClN2O4S/c11-9-2-1-8(5-12-9)18(15,16)13-6-10(14)3-4-17-7-10/h1-2,5,13-14H,3-4,6-7H2. The van der Waals surface area contributed by atoms with E-state index in [1.54, 1.807) is 0 Å². The number of hydrogen-bond donors (Lipinski definition) is 2. The van der Waals surface area contributed by atoms with Crippen molar-refractivity contribution in [3.05, 3.63) is 23.5 Å². The van der Waals surface area contributed by atoms with E-state index in [4.69, 9.17) is 16.3 Å². The predicted molar refractivity (Wildman–Crippen MR) is 64.8 cm³/mol. The molecule has 1 aromatic heterocycles. The second-order valence-corrected chi connectivity index (χ2v) is 6.32. The molecule has 1 atom stereocenters. The average Bonchev–Trinajstić information content (AvgIpc) is 2.75. The van der Waals surface area contributed by atoms with Gasteiger partial charge in [-0.2, -0.15) is 0 Å². The van der Waals surface area contributed by atoms with Gasteiger partial charge in [0.2, 0.25) is 10.0 Å². The van der Waals surface area contributed by atoms with Gasteiger partial charge in [-0.05, 0) is 12.1 Å². The highest BCUT2D eigenvalue weighted by Gasteiger charge is 2.33. The third-order valence-electron chi connectivity index (χ3n) is 2.68. The first-order valence-corrected chi connectivity index (χ1v) is 7.19. The SMILES string of the molecule is O=S(=O)(NCC1(O)CCOC1)c1ccc(Cl)nc1. The first kappa shape index (κ1) is 13.7. The van der Waals surface area contributed by atoms with Crippen LogP contribution in [0, 0.1) is 0 Å². The summed E-state index contributed by atoms with van der Waals surface area (Å²) in [5, 5.41) is 10.2. The number of nitrogens with one attached hydrogen (secondary N) is 1. The molecule has 1 fully saturated rings. The molecule has 0 radical (unpaired) electrons. The predicted octanol–water partition coefficient (Wildman–Crippen LogP) is 0.165. The van der Waals surface area contributed by atoms with Gasteiger partial charge in [0, 0.05) is 25.8 Å². The van der Waals surface area contributed by atoms with E-state index in [2.05, 4.69) is 9.71 Å². The smallest absolute Gasteiger partial charge is 0.242 e. The summed E-state index contributed by atoms with van der Waals surface area (Å²) in [7, 11) is -3.69. The fourth-order valence-corrected chi connectivity index (χ4v) is 2.75. The van der Waals surface area contributed by atoms with Crippen LogP contribution < -0.4 is 4.72 Å². The van der Waals surface area contributed by atoms with Crippen molar-refractivity contribution in [3.63, 3.8) is 0 Å². The molecule has 1 aliphatic heterocycles. The maximum atomic E-state index is 11.9. The fourth-order valence-electron chi connectivity index (χ4n) is 1.57. The van der Waals surface area contributed by atoms with Gasteiger partial charge < -0.3 is 9.84 Å². The normalized spacial score (nSPS) is 24.3. The second-order valence-electron chi connectivity index (χ2n) is 4.17. The lowest BCUT2D eigenvalue weighted by atomic mass is 10.1. The van der Waals surface area contributed by atoms with Crippen LogP contribution in [0.25, 0.3) is 0 Å². The van der Waals surface area contributed by atoms with Gasteiger partial charge in [0.25, 0.3) is 0 Å². The molecule has 0 spiro atoms. The highest BCUT2D eigenvalue weighted by molar-refractivity contribution is 7.89. The third kappa shape index (κ3) is 3.18. The van der Waals surface area contributed by atoms with Crippen LogP contribution in [0.2, 0.25) is 5.15 Å². The molecule has 1 saturated heterocycles. The first-order chi connectivity index (χ1) is 8.41. The van der Waals surface area contributed by atoms with Crippen LogP contribution in [0.3, 0.4) is 0 Å². The summed E-state index contributed by atoms with van der Waals surface area (Å²) in [6, 6.07) is 2.75. The van der Waals surface area contributed by atoms with E-state index >= 15 is 0 Å². The van der Waals surface area contributed by atoms with Gasteiger partial charge in [0.1, 0.15) is 15.6 Å². The highest BCUT2D eigenvalue weighted by atomic mass is 35.5. The van der Waals surface area contributed by atoms with Crippen LogP contribution in [0.1, 0.15) is 6.42 Å². The van der Waals surface area contributed by atoms with Gasteiger partial charge in [-0.1, -0.05) is 11.6 Å². The molecule has 0 aliphatic carbocycles. The Morgan fingerprint density at radius 3 is 2.89 bits per heavy atom. The van der Waals surface area contributed by atoms with Crippen molar-refractivity contribution in [2.75, 3.05) is 19.8 Å². The number of pyridine rings is 1. The van der Waals surface area contributed by atoms with E-state index in [1.165, 1.54) is 18.3 Å². The molecule has 0 saturated carbocycles. The monoisotopic (exact) mass is 292 g/mol. The number of rotatable bonds is 4. The quantitative estimate of drug-likeness (QED) is 0.772. The Morgan fingerprint density at radius 1 is 1.56 bits per heavy atom. The van der Waals surface area contributed by atoms with E-state index in [9.17, 15) is 13.5 Å². The summed E-state index contributed by atoms with van der Waals surface area (Å²) in [5.41, 5.74) is -1.13. The number of hydrogen-bond acceptors (Lipinski definition) is 5. The molecule has 1 aliphatic rings. The lowest BCUT2D eigenvalue weighted by Crippen LogP contribution is -2.43. The van der Waals surface area contributed by atoms with E-state index in [-0.39, 0.29) is 23.2 Å². The van der Waals surface area contributed by atoms with Crippen LogP contribution in [0.4, 0.5) is 0 Å². The van der Waals surface area contributed by atoms with Crippen molar-refractivity contribution in [1.29, 1.82) is 0 Å². The lowest BCUT2D eigenvalue weighted by Gasteiger charge is -2.20. The van der Waals surface area contributed by atoms with Gasteiger partial charge >= 0.3 is 0 Å². The summed E-state index contributed by atoms with van der Waals surface area (Å²) in [6.07, 6.45) is 1.58. The van der Waals surface area contributed by atoms with E-state index < -0.39 is 15.6 Å². The molecule has 1 aromatic rings. The largest absolute Gasteiger partial charge is 0.386 e. The number of ether oxygens (including phenoxy) is 1. The summed E-state index contributed by atoms with van der Waals surface area (Å²) < 4.78 is 31.2. The Bertz CT molecular complexity index is 511. The molecule has 6 nitrogen and oxygen atoms in total. The van der Waals surface area contributed by atoms with Crippen LogP contribution in [0.5, 0.6) is 0 Å². The number of aliphatic hydroxyl groups is 1. The summed E-state index contributed by atoms with van der Waals surface area (Å²) in [5.74, 6) is 0. The maximum Gasteiger partial charge on any atom is 0.242 e. The number of halogens is 1. The van der Waals surface area contributed by atoms with E-state index in [0.717, 1.165) is 0 Å². The molecule has 1 unspecified atom stereocenters. The van der Waals surface area contributed by atoms with Gasteiger partial charge in [-0.15, -0.1) is 0 Å². The molecule has 100 valence electrons. The minimum absolute atomic E-state index is 0.00872. The van der Waals surface area contributed by atoms with Crippen LogP contribution in [-0.2, 0) is 14.8 Å². The Kier molecular flexibility index (Phi) is 3.88. The Balaban J connectivity index is 2.05. The highest BCUT2D eigenvalue weighted by Crippen LogP contribution is 2.18. The molecule has 0 aromatic carbocycles. The number of sulfonamides is 1. The maximum absolute atomic E-state index is 11.9. The fraction of sp³-hybridized carbons (Fsp3) is 0.500. The molecule has 18 heavy (non-hydrogen) atoms. The molecule has 8 heteroatoms. The molecular formula is C10H13ClN2O4S. The Hall–Kier alpha value is -0.730. The zero-order chi connectivity index (χ0) is 13.2.